The highest BCUT2D eigenvalue weighted by molar-refractivity contribution is 6.03. The van der Waals surface area contributed by atoms with E-state index in [-0.39, 0.29) is 18.2 Å². The first-order chi connectivity index (χ1) is 9.56. The van der Waals surface area contributed by atoms with Crippen LogP contribution in [-0.2, 0) is 23.9 Å². The summed E-state index contributed by atoms with van der Waals surface area (Å²) in [5.41, 5.74) is -1.04. The van der Waals surface area contributed by atoms with E-state index in [1.54, 1.807) is 6.92 Å². The van der Waals surface area contributed by atoms with E-state index in [0.29, 0.717) is 32.3 Å². The Balaban J connectivity index is 2.70. The van der Waals surface area contributed by atoms with Crippen LogP contribution in [0.25, 0.3) is 0 Å². The Morgan fingerprint density at radius 1 is 1.25 bits per heavy atom. The minimum absolute atomic E-state index is 0.0364. The van der Waals surface area contributed by atoms with Gasteiger partial charge in [0.1, 0.15) is 11.2 Å². The Morgan fingerprint density at radius 3 is 2.65 bits per heavy atom. The lowest BCUT2D eigenvalue weighted by molar-refractivity contribution is -0.159. The van der Waals surface area contributed by atoms with E-state index in [0.717, 1.165) is 19.3 Å². The Morgan fingerprint density at radius 2 is 2.00 bits per heavy atom. The number of hydrogen-bond acceptors (Lipinski definition) is 5. The van der Waals surface area contributed by atoms with E-state index in [1.807, 2.05) is 0 Å². The highest BCUT2D eigenvalue weighted by atomic mass is 16.5. The lowest BCUT2D eigenvalue weighted by Gasteiger charge is -2.28. The van der Waals surface area contributed by atoms with Gasteiger partial charge in [0.15, 0.2) is 0 Å². The van der Waals surface area contributed by atoms with Gasteiger partial charge in [0, 0.05) is 12.8 Å². The van der Waals surface area contributed by atoms with Gasteiger partial charge in [0.05, 0.1) is 13.7 Å². The highest BCUT2D eigenvalue weighted by Crippen LogP contribution is 2.38. The number of rotatable bonds is 6. The number of ether oxygens (including phenoxy) is 2. The van der Waals surface area contributed by atoms with Crippen LogP contribution in [0.4, 0.5) is 0 Å². The second-order valence-corrected chi connectivity index (χ2v) is 5.22. The van der Waals surface area contributed by atoms with Crippen molar-refractivity contribution in [3.05, 3.63) is 0 Å². The SMILES string of the molecule is CCOC(=O)CCCC1(C(=O)OC)CCCCCC1=O. The molecule has 1 fully saturated rings. The average Bonchev–Trinajstić information content (AvgIpc) is 2.61. The third-order valence-electron chi connectivity index (χ3n) is 3.91. The van der Waals surface area contributed by atoms with Gasteiger partial charge in [-0.25, -0.2) is 0 Å². The van der Waals surface area contributed by atoms with Gasteiger partial charge >= 0.3 is 11.9 Å². The first-order valence-corrected chi connectivity index (χ1v) is 7.34. The maximum absolute atomic E-state index is 12.3. The van der Waals surface area contributed by atoms with Crippen molar-refractivity contribution in [3.8, 4) is 0 Å². The molecule has 0 aromatic carbocycles. The molecule has 5 nitrogen and oxygen atoms in total. The van der Waals surface area contributed by atoms with Gasteiger partial charge in [-0.2, -0.15) is 0 Å². The number of hydrogen-bond donors (Lipinski definition) is 0. The summed E-state index contributed by atoms with van der Waals surface area (Å²) in [5.74, 6) is -0.771. The van der Waals surface area contributed by atoms with Crippen molar-refractivity contribution >= 4 is 17.7 Å². The maximum Gasteiger partial charge on any atom is 0.319 e. The van der Waals surface area contributed by atoms with Crippen LogP contribution in [0.3, 0.4) is 0 Å². The Labute approximate surface area is 120 Å². The van der Waals surface area contributed by atoms with Crippen molar-refractivity contribution in [1.29, 1.82) is 0 Å². The average molecular weight is 284 g/mol. The molecule has 20 heavy (non-hydrogen) atoms. The van der Waals surface area contributed by atoms with Gasteiger partial charge in [-0.05, 0) is 32.6 Å². The molecule has 0 saturated heterocycles. The molecule has 1 unspecified atom stereocenters. The molecule has 0 heterocycles. The van der Waals surface area contributed by atoms with Gasteiger partial charge in [0.2, 0.25) is 0 Å². The molecule has 1 atom stereocenters. The summed E-state index contributed by atoms with van der Waals surface area (Å²) in [6.07, 6.45) is 4.67. The van der Waals surface area contributed by atoms with Crippen molar-refractivity contribution < 1.29 is 23.9 Å². The summed E-state index contributed by atoms with van der Waals surface area (Å²) in [5, 5.41) is 0. The molecular weight excluding hydrogens is 260 g/mol. The molecule has 0 aliphatic heterocycles. The van der Waals surface area contributed by atoms with Crippen LogP contribution in [0.5, 0.6) is 0 Å². The summed E-state index contributed by atoms with van der Waals surface area (Å²) in [7, 11) is 1.31. The topological polar surface area (TPSA) is 69.7 Å². The first-order valence-electron chi connectivity index (χ1n) is 7.34. The quantitative estimate of drug-likeness (QED) is 0.425. The lowest BCUT2D eigenvalue weighted by Crippen LogP contribution is -2.39. The molecule has 0 amide bonds. The van der Waals surface area contributed by atoms with Crippen molar-refractivity contribution in [2.45, 2.75) is 58.3 Å². The normalized spacial score (nSPS) is 23.0. The van der Waals surface area contributed by atoms with Crippen LogP contribution in [0.2, 0.25) is 0 Å². The zero-order valence-electron chi connectivity index (χ0n) is 12.4. The smallest absolute Gasteiger partial charge is 0.319 e. The fourth-order valence-electron chi connectivity index (χ4n) is 2.81. The predicted octanol–water partition coefficient (Wildman–Crippen LogP) is 2.41. The fraction of sp³-hybridized carbons (Fsp3) is 0.800. The van der Waals surface area contributed by atoms with Crippen LogP contribution < -0.4 is 0 Å². The second kappa shape index (κ2) is 8.02. The molecular formula is C15H24O5. The minimum atomic E-state index is -1.04. The van der Waals surface area contributed by atoms with Crippen molar-refractivity contribution in [2.24, 2.45) is 5.41 Å². The number of carbonyl (C=O) groups excluding carboxylic acids is 3. The van der Waals surface area contributed by atoms with Crippen LogP contribution in [0.15, 0.2) is 0 Å². The molecule has 0 N–H and O–H groups in total. The number of methoxy groups -OCH3 is 1. The van der Waals surface area contributed by atoms with Crippen molar-refractivity contribution in [1.82, 2.24) is 0 Å². The molecule has 114 valence electrons. The second-order valence-electron chi connectivity index (χ2n) is 5.22. The molecule has 1 aliphatic rings. The molecule has 0 spiro atoms. The van der Waals surface area contributed by atoms with E-state index in [2.05, 4.69) is 0 Å². The predicted molar refractivity (Wildman–Crippen MR) is 73.0 cm³/mol. The largest absolute Gasteiger partial charge is 0.468 e. The van der Waals surface area contributed by atoms with Crippen LogP contribution in [0, 0.1) is 5.41 Å². The summed E-state index contributed by atoms with van der Waals surface area (Å²) >= 11 is 0. The number of ketones is 1. The van der Waals surface area contributed by atoms with E-state index in [4.69, 9.17) is 9.47 Å². The Bertz CT molecular complexity index is 363. The van der Waals surface area contributed by atoms with Crippen LogP contribution in [-0.4, -0.2) is 31.4 Å². The molecule has 1 aliphatic carbocycles. The third kappa shape index (κ3) is 4.05. The van der Waals surface area contributed by atoms with Crippen LogP contribution >= 0.6 is 0 Å². The monoisotopic (exact) mass is 284 g/mol. The van der Waals surface area contributed by atoms with Crippen molar-refractivity contribution in [2.75, 3.05) is 13.7 Å². The number of esters is 2. The molecule has 0 radical (unpaired) electrons. The highest BCUT2D eigenvalue weighted by Gasteiger charge is 2.46. The molecule has 0 bridgehead atoms. The van der Waals surface area contributed by atoms with E-state index < -0.39 is 11.4 Å². The lowest BCUT2D eigenvalue weighted by atomic mass is 9.75. The summed E-state index contributed by atoms with van der Waals surface area (Å²) in [4.78, 5) is 35.8. The van der Waals surface area contributed by atoms with Crippen molar-refractivity contribution in [3.63, 3.8) is 0 Å². The van der Waals surface area contributed by atoms with E-state index in [1.165, 1.54) is 7.11 Å². The molecule has 1 saturated carbocycles. The summed E-state index contributed by atoms with van der Waals surface area (Å²) in [6, 6.07) is 0. The molecule has 0 aromatic rings. The van der Waals surface area contributed by atoms with Gasteiger partial charge in [-0.3, -0.25) is 14.4 Å². The number of Topliss-reactive ketones (excluding diaryl/α,β-unsaturated/α-hetero) is 1. The van der Waals surface area contributed by atoms with Gasteiger partial charge in [0.25, 0.3) is 0 Å². The van der Waals surface area contributed by atoms with E-state index in [9.17, 15) is 14.4 Å². The van der Waals surface area contributed by atoms with Gasteiger partial charge < -0.3 is 9.47 Å². The molecule has 0 aromatic heterocycles. The zero-order valence-corrected chi connectivity index (χ0v) is 12.4. The van der Waals surface area contributed by atoms with Gasteiger partial charge in [-0.1, -0.05) is 12.8 Å². The maximum atomic E-state index is 12.3. The van der Waals surface area contributed by atoms with E-state index >= 15 is 0 Å². The van der Waals surface area contributed by atoms with Gasteiger partial charge in [-0.15, -0.1) is 0 Å². The minimum Gasteiger partial charge on any atom is -0.468 e. The molecule has 1 rings (SSSR count). The third-order valence-corrected chi connectivity index (χ3v) is 3.91. The standard InChI is InChI=1S/C15H24O5/c1-3-20-13(17)9-7-11-15(14(18)19-2)10-6-4-5-8-12(15)16/h3-11H2,1-2H3. The Kier molecular flexibility index (Phi) is 6.68. The van der Waals surface area contributed by atoms with Crippen LogP contribution in [0.1, 0.15) is 58.3 Å². The molecule has 5 heteroatoms. The Hall–Kier alpha value is -1.39. The summed E-state index contributed by atoms with van der Waals surface area (Å²) < 4.78 is 9.71. The summed E-state index contributed by atoms with van der Waals surface area (Å²) in [6.45, 7) is 2.10. The first kappa shape index (κ1) is 16.7. The number of carbonyl (C=O) groups is 3. The fourth-order valence-corrected chi connectivity index (χ4v) is 2.81. The zero-order chi connectivity index (χ0) is 15.0.